The van der Waals surface area contributed by atoms with Crippen molar-refractivity contribution < 1.29 is 28.7 Å². The van der Waals surface area contributed by atoms with Crippen LogP contribution >= 0.6 is 11.6 Å². The number of hydrogen-bond acceptors (Lipinski definition) is 6. The summed E-state index contributed by atoms with van der Waals surface area (Å²) >= 11 is 6.02. The number of hydrogen-bond donors (Lipinski definition) is 0. The number of amides is 2. The van der Waals surface area contributed by atoms with E-state index in [9.17, 15) is 19.2 Å². The summed E-state index contributed by atoms with van der Waals surface area (Å²) in [4.78, 5) is 51.1. The van der Waals surface area contributed by atoms with Gasteiger partial charge in [-0.15, -0.1) is 0 Å². The summed E-state index contributed by atoms with van der Waals surface area (Å²) in [6.45, 7) is 4.79. The van der Waals surface area contributed by atoms with Crippen molar-refractivity contribution in [3.63, 3.8) is 0 Å². The van der Waals surface area contributed by atoms with Gasteiger partial charge in [0, 0.05) is 10.4 Å². The maximum absolute atomic E-state index is 13.0. The van der Waals surface area contributed by atoms with E-state index in [0.29, 0.717) is 10.8 Å². The van der Waals surface area contributed by atoms with Crippen molar-refractivity contribution in [3.8, 4) is 5.75 Å². The quantitative estimate of drug-likeness (QED) is 0.528. The second kappa shape index (κ2) is 7.91. The fraction of sp³-hybridized carbons (Fsp3) is 0.273. The zero-order valence-electron chi connectivity index (χ0n) is 16.9. The molecule has 2 aromatic carbocycles. The summed E-state index contributed by atoms with van der Waals surface area (Å²) in [6.07, 6.45) is 0. The van der Waals surface area contributed by atoms with E-state index in [0.717, 1.165) is 4.90 Å². The number of carbonyl (C=O) groups is 4. The van der Waals surface area contributed by atoms with Gasteiger partial charge in [0.1, 0.15) is 5.75 Å². The fourth-order valence-corrected chi connectivity index (χ4v) is 3.02. The van der Waals surface area contributed by atoms with E-state index in [2.05, 4.69) is 0 Å². The molecule has 30 heavy (non-hydrogen) atoms. The molecule has 0 saturated heterocycles. The minimum absolute atomic E-state index is 0.0543. The Morgan fingerprint density at radius 2 is 1.67 bits per heavy atom. The van der Waals surface area contributed by atoms with Crippen molar-refractivity contribution >= 4 is 40.9 Å². The van der Waals surface area contributed by atoms with Gasteiger partial charge >= 0.3 is 5.97 Å². The first-order chi connectivity index (χ1) is 14.0. The number of halogens is 1. The van der Waals surface area contributed by atoms with Crippen LogP contribution in [0.15, 0.2) is 36.4 Å². The fourth-order valence-electron chi connectivity index (χ4n) is 2.86. The largest absolute Gasteiger partial charge is 0.495 e. The highest BCUT2D eigenvalue weighted by Crippen LogP contribution is 2.37. The van der Waals surface area contributed by atoms with Crippen molar-refractivity contribution in [1.29, 1.82) is 0 Å². The Morgan fingerprint density at radius 3 is 2.30 bits per heavy atom. The van der Waals surface area contributed by atoms with E-state index in [1.54, 1.807) is 32.9 Å². The minimum Gasteiger partial charge on any atom is -0.495 e. The first-order valence-corrected chi connectivity index (χ1v) is 9.49. The molecule has 0 aliphatic carbocycles. The molecule has 3 rings (SSSR count). The molecule has 1 aliphatic rings. The van der Waals surface area contributed by atoms with Crippen LogP contribution in [0, 0.1) is 5.41 Å². The van der Waals surface area contributed by atoms with Crippen LogP contribution in [0.2, 0.25) is 5.02 Å². The third kappa shape index (κ3) is 3.93. The molecule has 0 N–H and O–H groups in total. The Hall–Kier alpha value is -3.19. The summed E-state index contributed by atoms with van der Waals surface area (Å²) < 4.78 is 10.3. The predicted molar refractivity (Wildman–Crippen MR) is 110 cm³/mol. The molecule has 7 nitrogen and oxygen atoms in total. The van der Waals surface area contributed by atoms with Gasteiger partial charge in [0.05, 0.1) is 29.5 Å². The predicted octanol–water partition coefficient (Wildman–Crippen LogP) is 3.92. The van der Waals surface area contributed by atoms with Gasteiger partial charge in [-0.1, -0.05) is 32.4 Å². The Labute approximate surface area is 178 Å². The molecule has 156 valence electrons. The summed E-state index contributed by atoms with van der Waals surface area (Å²) in [7, 11) is 1.41. The monoisotopic (exact) mass is 429 g/mol. The van der Waals surface area contributed by atoms with E-state index >= 15 is 0 Å². The molecule has 0 spiro atoms. The number of nitrogens with zero attached hydrogens (tertiary/aromatic N) is 1. The third-order valence-corrected chi connectivity index (χ3v) is 4.91. The smallest absolute Gasteiger partial charge is 0.338 e. The summed E-state index contributed by atoms with van der Waals surface area (Å²) in [5, 5.41) is 0.329. The topological polar surface area (TPSA) is 90.0 Å². The molecule has 0 radical (unpaired) electrons. The van der Waals surface area contributed by atoms with Gasteiger partial charge in [-0.05, 0) is 36.4 Å². The molecule has 0 saturated carbocycles. The van der Waals surface area contributed by atoms with E-state index in [4.69, 9.17) is 21.1 Å². The molecule has 2 amide bonds. The maximum Gasteiger partial charge on any atom is 0.338 e. The van der Waals surface area contributed by atoms with Gasteiger partial charge in [-0.25, -0.2) is 9.69 Å². The maximum atomic E-state index is 13.0. The van der Waals surface area contributed by atoms with Crippen LogP contribution in [-0.2, 0) is 9.53 Å². The lowest BCUT2D eigenvalue weighted by Crippen LogP contribution is -2.29. The van der Waals surface area contributed by atoms with Crippen LogP contribution in [0.1, 0.15) is 51.8 Å². The summed E-state index contributed by atoms with van der Waals surface area (Å²) in [6, 6.07) is 8.64. The molecule has 8 heteroatoms. The van der Waals surface area contributed by atoms with Crippen LogP contribution in [0.25, 0.3) is 0 Å². The number of fused-ring (bicyclic) bond motifs is 1. The standard InChI is InChI=1S/C22H20ClNO6/c1-22(2,3)18(25)11-30-21(28)12-5-7-14-15(9-12)20(27)24(19(14)26)16-10-13(23)6-8-17(16)29-4/h5-10H,11H2,1-4H3. The number of carbonyl (C=O) groups excluding carboxylic acids is 4. The molecule has 0 atom stereocenters. The molecule has 1 aliphatic heterocycles. The molecule has 1 heterocycles. The lowest BCUT2D eigenvalue weighted by molar-refractivity contribution is -0.129. The Morgan fingerprint density at radius 1 is 1.00 bits per heavy atom. The third-order valence-electron chi connectivity index (χ3n) is 4.67. The molecular formula is C22H20ClNO6. The summed E-state index contributed by atoms with van der Waals surface area (Å²) in [5.41, 5.74) is -0.174. The molecule has 0 bridgehead atoms. The highest BCUT2D eigenvalue weighted by molar-refractivity contribution is 6.36. The second-order valence-corrected chi connectivity index (χ2v) is 8.21. The Bertz CT molecular complexity index is 1070. The normalized spacial score (nSPS) is 13.3. The van der Waals surface area contributed by atoms with Crippen molar-refractivity contribution in [1.82, 2.24) is 0 Å². The molecule has 0 fully saturated rings. The molecule has 0 unspecified atom stereocenters. The number of imide groups is 1. The number of esters is 1. The zero-order valence-corrected chi connectivity index (χ0v) is 17.7. The highest BCUT2D eigenvalue weighted by Gasteiger charge is 2.38. The first kappa shape index (κ1) is 21.5. The van der Waals surface area contributed by atoms with Crippen molar-refractivity contribution in [3.05, 3.63) is 58.1 Å². The average molecular weight is 430 g/mol. The second-order valence-electron chi connectivity index (χ2n) is 7.77. The number of benzene rings is 2. The number of ether oxygens (including phenoxy) is 2. The van der Waals surface area contributed by atoms with Crippen LogP contribution in [0.4, 0.5) is 5.69 Å². The minimum atomic E-state index is -0.755. The zero-order chi connectivity index (χ0) is 22.2. The van der Waals surface area contributed by atoms with E-state index in [-0.39, 0.29) is 34.8 Å². The average Bonchev–Trinajstić information content (AvgIpc) is 2.94. The SMILES string of the molecule is COc1ccc(Cl)cc1N1C(=O)c2ccc(C(=O)OCC(=O)C(C)(C)C)cc2C1=O. The van der Waals surface area contributed by atoms with Crippen LogP contribution in [0.5, 0.6) is 5.75 Å². The van der Waals surface area contributed by atoms with Gasteiger partial charge in [0.2, 0.25) is 0 Å². The van der Waals surface area contributed by atoms with Crippen molar-refractivity contribution in [2.24, 2.45) is 5.41 Å². The Kier molecular flexibility index (Phi) is 5.67. The lowest BCUT2D eigenvalue weighted by Gasteiger charge is -2.17. The van der Waals surface area contributed by atoms with Gasteiger partial charge < -0.3 is 9.47 Å². The van der Waals surface area contributed by atoms with E-state index in [1.807, 2.05) is 0 Å². The van der Waals surface area contributed by atoms with Gasteiger partial charge in [-0.3, -0.25) is 14.4 Å². The first-order valence-electron chi connectivity index (χ1n) is 9.11. The number of anilines is 1. The van der Waals surface area contributed by atoms with Crippen molar-refractivity contribution in [2.45, 2.75) is 20.8 Å². The van der Waals surface area contributed by atoms with Crippen LogP contribution in [-0.4, -0.2) is 37.3 Å². The number of methoxy groups -OCH3 is 1. The highest BCUT2D eigenvalue weighted by atomic mass is 35.5. The van der Waals surface area contributed by atoms with Gasteiger partial charge in [-0.2, -0.15) is 0 Å². The van der Waals surface area contributed by atoms with E-state index in [1.165, 1.54) is 31.4 Å². The number of Topliss-reactive ketones (excluding diaryl/α,β-unsaturated/α-hetero) is 1. The van der Waals surface area contributed by atoms with Gasteiger partial charge in [0.15, 0.2) is 12.4 Å². The van der Waals surface area contributed by atoms with Gasteiger partial charge in [0.25, 0.3) is 11.8 Å². The molecule has 2 aromatic rings. The van der Waals surface area contributed by atoms with Crippen LogP contribution < -0.4 is 9.64 Å². The number of ketones is 1. The molecular weight excluding hydrogens is 410 g/mol. The Balaban J connectivity index is 1.88. The summed E-state index contributed by atoms with van der Waals surface area (Å²) in [5.74, 6) is -1.86. The lowest BCUT2D eigenvalue weighted by atomic mass is 9.91. The van der Waals surface area contributed by atoms with Crippen LogP contribution in [0.3, 0.4) is 0 Å². The molecule has 0 aromatic heterocycles. The number of rotatable bonds is 5. The van der Waals surface area contributed by atoms with E-state index < -0.39 is 23.2 Å². The van der Waals surface area contributed by atoms with Crippen molar-refractivity contribution in [2.75, 3.05) is 18.6 Å².